The van der Waals surface area contributed by atoms with E-state index in [-0.39, 0.29) is 0 Å². The van der Waals surface area contributed by atoms with Gasteiger partial charge < -0.3 is 10.1 Å². The first-order chi connectivity index (χ1) is 7.26. The van der Waals surface area contributed by atoms with Gasteiger partial charge >= 0.3 is 0 Å². The number of rotatable bonds is 6. The van der Waals surface area contributed by atoms with Gasteiger partial charge in [0.05, 0.1) is 6.61 Å². The SMILES string of the molecule is COC[C@@H](C)NCc1ccc(SC)cc1. The standard InChI is InChI=1S/C12H19NOS/c1-10(9-14-2)13-8-11-4-6-12(15-3)7-5-11/h4-7,10,13H,8-9H2,1-3H3/t10-/m1/s1. The van der Waals surface area contributed by atoms with Crippen molar-refractivity contribution in [2.45, 2.75) is 24.4 Å². The highest BCUT2D eigenvalue weighted by Crippen LogP contribution is 2.14. The third kappa shape index (κ3) is 4.69. The molecule has 84 valence electrons. The van der Waals surface area contributed by atoms with Gasteiger partial charge in [-0.25, -0.2) is 0 Å². The molecule has 0 spiro atoms. The van der Waals surface area contributed by atoms with Gasteiger partial charge in [-0.15, -0.1) is 11.8 Å². The quantitative estimate of drug-likeness (QED) is 0.752. The van der Waals surface area contributed by atoms with Crippen LogP contribution in [0.5, 0.6) is 0 Å². The molecule has 1 aromatic carbocycles. The van der Waals surface area contributed by atoms with Gasteiger partial charge in [0.1, 0.15) is 0 Å². The van der Waals surface area contributed by atoms with E-state index in [2.05, 4.69) is 42.8 Å². The lowest BCUT2D eigenvalue weighted by atomic mass is 10.2. The minimum absolute atomic E-state index is 0.398. The Kier molecular flexibility index (Phi) is 5.76. The van der Waals surface area contributed by atoms with Crippen LogP contribution in [0.15, 0.2) is 29.2 Å². The monoisotopic (exact) mass is 225 g/mol. The summed E-state index contributed by atoms with van der Waals surface area (Å²) in [7, 11) is 1.73. The van der Waals surface area contributed by atoms with Gasteiger partial charge in [0.15, 0.2) is 0 Å². The van der Waals surface area contributed by atoms with Crippen molar-refractivity contribution >= 4 is 11.8 Å². The normalized spacial score (nSPS) is 12.7. The molecule has 0 aromatic heterocycles. The van der Waals surface area contributed by atoms with Crippen molar-refractivity contribution in [3.05, 3.63) is 29.8 Å². The minimum Gasteiger partial charge on any atom is -0.383 e. The van der Waals surface area contributed by atoms with Gasteiger partial charge in [-0.3, -0.25) is 0 Å². The summed E-state index contributed by atoms with van der Waals surface area (Å²) in [6, 6.07) is 9.04. The average molecular weight is 225 g/mol. The molecule has 0 radical (unpaired) electrons. The van der Waals surface area contributed by atoms with E-state index < -0.39 is 0 Å². The van der Waals surface area contributed by atoms with E-state index in [1.165, 1.54) is 10.5 Å². The second kappa shape index (κ2) is 6.88. The molecule has 0 aliphatic rings. The number of methoxy groups -OCH3 is 1. The van der Waals surface area contributed by atoms with E-state index in [1.54, 1.807) is 18.9 Å². The van der Waals surface area contributed by atoms with Crippen LogP contribution in [0.2, 0.25) is 0 Å². The molecular weight excluding hydrogens is 206 g/mol. The lowest BCUT2D eigenvalue weighted by Gasteiger charge is -2.12. The summed E-state index contributed by atoms with van der Waals surface area (Å²) in [6.45, 7) is 3.78. The fourth-order valence-electron chi connectivity index (χ4n) is 1.34. The molecule has 0 fully saturated rings. The van der Waals surface area contributed by atoms with Gasteiger partial charge in [0.2, 0.25) is 0 Å². The first-order valence-electron chi connectivity index (χ1n) is 5.11. The van der Waals surface area contributed by atoms with Gasteiger partial charge in [0, 0.05) is 24.6 Å². The molecular formula is C12H19NOS. The van der Waals surface area contributed by atoms with Crippen molar-refractivity contribution in [3.8, 4) is 0 Å². The zero-order chi connectivity index (χ0) is 11.1. The van der Waals surface area contributed by atoms with Crippen LogP contribution in [0, 0.1) is 0 Å². The highest BCUT2D eigenvalue weighted by atomic mass is 32.2. The zero-order valence-corrected chi connectivity index (χ0v) is 10.4. The highest BCUT2D eigenvalue weighted by molar-refractivity contribution is 7.98. The van der Waals surface area contributed by atoms with E-state index in [9.17, 15) is 0 Å². The number of hydrogen-bond donors (Lipinski definition) is 1. The van der Waals surface area contributed by atoms with E-state index in [0.717, 1.165) is 13.2 Å². The van der Waals surface area contributed by atoms with Crippen LogP contribution in [0.3, 0.4) is 0 Å². The Morgan fingerprint density at radius 1 is 1.33 bits per heavy atom. The maximum atomic E-state index is 5.06. The Hall–Kier alpha value is -0.510. The number of ether oxygens (including phenoxy) is 1. The van der Waals surface area contributed by atoms with Crippen molar-refractivity contribution in [2.24, 2.45) is 0 Å². The summed E-state index contributed by atoms with van der Waals surface area (Å²) in [6.07, 6.45) is 2.09. The van der Waals surface area contributed by atoms with Crippen LogP contribution in [-0.4, -0.2) is 26.0 Å². The molecule has 0 bridgehead atoms. The van der Waals surface area contributed by atoms with Crippen LogP contribution in [-0.2, 0) is 11.3 Å². The molecule has 2 nitrogen and oxygen atoms in total. The fourth-order valence-corrected chi connectivity index (χ4v) is 1.75. The molecule has 1 N–H and O–H groups in total. The topological polar surface area (TPSA) is 21.3 Å². The molecule has 0 aliphatic carbocycles. The van der Waals surface area contributed by atoms with Gasteiger partial charge in [0.25, 0.3) is 0 Å². The summed E-state index contributed by atoms with van der Waals surface area (Å²) in [5, 5.41) is 3.41. The van der Waals surface area contributed by atoms with Crippen molar-refractivity contribution in [3.63, 3.8) is 0 Å². The molecule has 0 heterocycles. The fraction of sp³-hybridized carbons (Fsp3) is 0.500. The third-order valence-corrected chi connectivity index (χ3v) is 2.97. The largest absolute Gasteiger partial charge is 0.383 e. The number of nitrogens with one attached hydrogen (secondary N) is 1. The minimum atomic E-state index is 0.398. The van der Waals surface area contributed by atoms with Crippen molar-refractivity contribution in [2.75, 3.05) is 20.0 Å². The van der Waals surface area contributed by atoms with E-state index in [1.807, 2.05) is 0 Å². The predicted octanol–water partition coefficient (Wildman–Crippen LogP) is 2.53. The molecule has 15 heavy (non-hydrogen) atoms. The van der Waals surface area contributed by atoms with Crippen LogP contribution in [0.1, 0.15) is 12.5 Å². The molecule has 0 aliphatic heterocycles. The van der Waals surface area contributed by atoms with Crippen LogP contribution in [0.4, 0.5) is 0 Å². The maximum absolute atomic E-state index is 5.06. The summed E-state index contributed by atoms with van der Waals surface area (Å²) in [4.78, 5) is 1.31. The first kappa shape index (κ1) is 12.6. The molecule has 0 saturated carbocycles. The van der Waals surface area contributed by atoms with Gasteiger partial charge in [-0.2, -0.15) is 0 Å². The first-order valence-corrected chi connectivity index (χ1v) is 6.34. The number of benzene rings is 1. The van der Waals surface area contributed by atoms with Crippen molar-refractivity contribution < 1.29 is 4.74 Å². The van der Waals surface area contributed by atoms with Gasteiger partial charge in [-0.05, 0) is 30.9 Å². The third-order valence-electron chi connectivity index (χ3n) is 2.23. The molecule has 3 heteroatoms. The Morgan fingerprint density at radius 3 is 2.53 bits per heavy atom. The summed E-state index contributed by atoms with van der Waals surface area (Å²) in [5.41, 5.74) is 1.32. The Balaban J connectivity index is 2.37. The number of hydrogen-bond acceptors (Lipinski definition) is 3. The maximum Gasteiger partial charge on any atom is 0.0613 e. The molecule has 1 aromatic rings. The number of thioether (sulfide) groups is 1. The molecule has 0 unspecified atom stereocenters. The lowest BCUT2D eigenvalue weighted by Crippen LogP contribution is -2.29. The highest BCUT2D eigenvalue weighted by Gasteiger charge is 2.00. The van der Waals surface area contributed by atoms with Gasteiger partial charge in [-0.1, -0.05) is 12.1 Å². The van der Waals surface area contributed by atoms with E-state index in [0.29, 0.717) is 6.04 Å². The average Bonchev–Trinajstić information content (AvgIpc) is 2.27. The van der Waals surface area contributed by atoms with Crippen LogP contribution in [0.25, 0.3) is 0 Å². The molecule has 1 atom stereocenters. The van der Waals surface area contributed by atoms with E-state index >= 15 is 0 Å². The molecule has 0 saturated heterocycles. The Labute approximate surface area is 96.4 Å². The molecule has 1 rings (SSSR count). The van der Waals surface area contributed by atoms with Crippen LogP contribution >= 0.6 is 11.8 Å². The second-order valence-corrected chi connectivity index (χ2v) is 4.47. The summed E-state index contributed by atoms with van der Waals surface area (Å²) in [5.74, 6) is 0. The van der Waals surface area contributed by atoms with Crippen molar-refractivity contribution in [1.29, 1.82) is 0 Å². The van der Waals surface area contributed by atoms with Crippen molar-refractivity contribution in [1.82, 2.24) is 5.32 Å². The smallest absolute Gasteiger partial charge is 0.0613 e. The molecule has 0 amide bonds. The summed E-state index contributed by atoms with van der Waals surface area (Å²) < 4.78 is 5.06. The zero-order valence-electron chi connectivity index (χ0n) is 9.62. The Morgan fingerprint density at radius 2 is 2.00 bits per heavy atom. The van der Waals surface area contributed by atoms with E-state index in [4.69, 9.17) is 4.74 Å². The summed E-state index contributed by atoms with van der Waals surface area (Å²) >= 11 is 1.77. The Bertz CT molecular complexity index is 273. The second-order valence-electron chi connectivity index (χ2n) is 3.59. The lowest BCUT2D eigenvalue weighted by molar-refractivity contribution is 0.171. The predicted molar refractivity (Wildman–Crippen MR) is 66.4 cm³/mol. The van der Waals surface area contributed by atoms with Crippen LogP contribution < -0.4 is 5.32 Å².